The minimum atomic E-state index is -0.282. The van der Waals surface area contributed by atoms with Crippen LogP contribution in [0.5, 0.6) is 0 Å². The largest absolute Gasteiger partial charge is 0.393 e. The van der Waals surface area contributed by atoms with E-state index in [-0.39, 0.29) is 24.2 Å². The van der Waals surface area contributed by atoms with Gasteiger partial charge in [-0.25, -0.2) is 5.01 Å². The van der Waals surface area contributed by atoms with Gasteiger partial charge in [-0.15, -0.1) is 0 Å². The molecule has 0 aromatic carbocycles. The SMILES string of the molecule is C[C@H]1C(O)CCNN2CC[C@H](O)[C@H]12. The van der Waals surface area contributed by atoms with Crippen molar-refractivity contribution in [3.05, 3.63) is 0 Å². The van der Waals surface area contributed by atoms with Crippen LogP contribution >= 0.6 is 0 Å². The molecule has 4 nitrogen and oxygen atoms in total. The van der Waals surface area contributed by atoms with Crippen LogP contribution in [0.15, 0.2) is 0 Å². The highest BCUT2D eigenvalue weighted by Crippen LogP contribution is 2.27. The molecule has 1 unspecified atom stereocenters. The fourth-order valence-electron chi connectivity index (χ4n) is 2.46. The summed E-state index contributed by atoms with van der Waals surface area (Å²) in [6.07, 6.45) is 1.03. The van der Waals surface area contributed by atoms with Crippen molar-refractivity contribution in [2.75, 3.05) is 13.1 Å². The van der Waals surface area contributed by atoms with Crippen molar-refractivity contribution >= 4 is 0 Å². The lowest BCUT2D eigenvalue weighted by atomic mass is 9.91. The Morgan fingerprint density at radius 3 is 2.77 bits per heavy atom. The summed E-state index contributed by atoms with van der Waals surface area (Å²) in [5.41, 5.74) is 3.25. The predicted molar refractivity (Wildman–Crippen MR) is 48.9 cm³/mol. The molecule has 0 radical (unpaired) electrons. The topological polar surface area (TPSA) is 55.7 Å². The molecular formula is C9H18N2O2. The molecule has 3 N–H and O–H groups in total. The van der Waals surface area contributed by atoms with Gasteiger partial charge in [-0.3, -0.25) is 5.43 Å². The molecule has 4 atom stereocenters. The lowest BCUT2D eigenvalue weighted by Gasteiger charge is -2.29. The number of aliphatic hydroxyl groups is 2. The first-order valence-corrected chi connectivity index (χ1v) is 5.06. The molecule has 2 aliphatic rings. The van der Waals surface area contributed by atoms with Crippen molar-refractivity contribution in [2.24, 2.45) is 5.92 Å². The second-order valence-electron chi connectivity index (χ2n) is 4.16. The Hall–Kier alpha value is -0.160. The normalized spacial score (nSPS) is 47.3. The Morgan fingerprint density at radius 2 is 2.00 bits per heavy atom. The van der Waals surface area contributed by atoms with Crippen LogP contribution in [0.4, 0.5) is 0 Å². The number of nitrogens with zero attached hydrogens (tertiary/aromatic N) is 1. The van der Waals surface area contributed by atoms with E-state index in [1.807, 2.05) is 6.92 Å². The summed E-state index contributed by atoms with van der Waals surface area (Å²) in [7, 11) is 0. The highest BCUT2D eigenvalue weighted by molar-refractivity contribution is 4.92. The van der Waals surface area contributed by atoms with Crippen molar-refractivity contribution in [2.45, 2.75) is 38.0 Å². The standard InChI is InChI=1S/C9H18N2O2/c1-6-7(12)2-4-10-11-5-3-8(13)9(6)11/h6-10,12-13H,2-5H2,1H3/t6-,7?,8-,9-/m0/s1. The molecule has 76 valence electrons. The van der Waals surface area contributed by atoms with Gasteiger partial charge < -0.3 is 10.2 Å². The number of fused-ring (bicyclic) bond motifs is 1. The lowest BCUT2D eigenvalue weighted by molar-refractivity contribution is 0.0216. The zero-order chi connectivity index (χ0) is 9.42. The van der Waals surface area contributed by atoms with E-state index in [4.69, 9.17) is 0 Å². The maximum Gasteiger partial charge on any atom is 0.0725 e. The van der Waals surface area contributed by atoms with Crippen molar-refractivity contribution in [3.63, 3.8) is 0 Å². The fourth-order valence-corrected chi connectivity index (χ4v) is 2.46. The molecule has 0 spiro atoms. The Bertz CT molecular complexity index is 188. The third-order valence-electron chi connectivity index (χ3n) is 3.32. The number of hydrogen-bond donors (Lipinski definition) is 3. The number of hydrazine groups is 1. The Labute approximate surface area is 78.5 Å². The third kappa shape index (κ3) is 1.59. The van der Waals surface area contributed by atoms with Gasteiger partial charge in [-0.2, -0.15) is 0 Å². The molecule has 0 bridgehead atoms. The molecule has 0 saturated carbocycles. The van der Waals surface area contributed by atoms with Crippen molar-refractivity contribution < 1.29 is 10.2 Å². The van der Waals surface area contributed by atoms with Crippen molar-refractivity contribution in [1.29, 1.82) is 0 Å². The summed E-state index contributed by atoms with van der Waals surface area (Å²) >= 11 is 0. The number of aliphatic hydroxyl groups excluding tert-OH is 2. The van der Waals surface area contributed by atoms with Gasteiger partial charge in [0.15, 0.2) is 0 Å². The minimum Gasteiger partial charge on any atom is -0.393 e. The maximum atomic E-state index is 9.74. The van der Waals surface area contributed by atoms with E-state index in [2.05, 4.69) is 10.4 Å². The van der Waals surface area contributed by atoms with Gasteiger partial charge >= 0.3 is 0 Å². The summed E-state index contributed by atoms with van der Waals surface area (Å²) in [5, 5.41) is 21.6. The molecular weight excluding hydrogens is 168 g/mol. The van der Waals surface area contributed by atoms with Gasteiger partial charge in [0.1, 0.15) is 0 Å². The van der Waals surface area contributed by atoms with Crippen LogP contribution in [0.25, 0.3) is 0 Å². The van der Waals surface area contributed by atoms with E-state index < -0.39 is 0 Å². The molecule has 2 rings (SSSR count). The lowest BCUT2D eigenvalue weighted by Crippen LogP contribution is -2.47. The average Bonchev–Trinajstić information content (AvgIpc) is 2.39. The molecule has 2 fully saturated rings. The van der Waals surface area contributed by atoms with E-state index in [1.54, 1.807) is 0 Å². The summed E-state index contributed by atoms with van der Waals surface area (Å²) in [5.74, 6) is 0.160. The number of rotatable bonds is 0. The fraction of sp³-hybridized carbons (Fsp3) is 1.00. The van der Waals surface area contributed by atoms with E-state index >= 15 is 0 Å². The summed E-state index contributed by atoms with van der Waals surface area (Å²) in [6.45, 7) is 3.72. The first-order valence-electron chi connectivity index (χ1n) is 5.06. The van der Waals surface area contributed by atoms with Crippen molar-refractivity contribution in [3.8, 4) is 0 Å². The van der Waals surface area contributed by atoms with E-state index in [9.17, 15) is 10.2 Å². The summed E-state index contributed by atoms with van der Waals surface area (Å²) < 4.78 is 0. The average molecular weight is 186 g/mol. The second kappa shape index (κ2) is 3.53. The number of hydrogen-bond acceptors (Lipinski definition) is 4. The van der Waals surface area contributed by atoms with Gasteiger partial charge in [0.2, 0.25) is 0 Å². The molecule has 0 aliphatic carbocycles. The zero-order valence-electron chi connectivity index (χ0n) is 7.98. The quantitative estimate of drug-likeness (QED) is 0.469. The molecule has 13 heavy (non-hydrogen) atoms. The molecule has 4 heteroatoms. The minimum absolute atomic E-state index is 0.0949. The zero-order valence-corrected chi connectivity index (χ0v) is 7.98. The van der Waals surface area contributed by atoms with E-state index in [1.165, 1.54) is 0 Å². The molecule has 0 aromatic rings. The van der Waals surface area contributed by atoms with Crippen LogP contribution in [0.1, 0.15) is 19.8 Å². The van der Waals surface area contributed by atoms with Crippen LogP contribution in [0.2, 0.25) is 0 Å². The highest BCUT2D eigenvalue weighted by Gasteiger charge is 2.40. The first kappa shape index (κ1) is 9.40. The summed E-state index contributed by atoms with van der Waals surface area (Å²) in [6, 6.07) is 0.0949. The van der Waals surface area contributed by atoms with Gasteiger partial charge in [-0.1, -0.05) is 6.92 Å². The van der Waals surface area contributed by atoms with Gasteiger partial charge in [0, 0.05) is 19.0 Å². The summed E-state index contributed by atoms with van der Waals surface area (Å²) in [4.78, 5) is 0. The second-order valence-corrected chi connectivity index (χ2v) is 4.16. The van der Waals surface area contributed by atoms with Crippen LogP contribution in [-0.4, -0.2) is 46.6 Å². The van der Waals surface area contributed by atoms with Crippen molar-refractivity contribution in [1.82, 2.24) is 10.4 Å². The predicted octanol–water partition coefficient (Wildman–Crippen LogP) is -0.673. The molecule has 0 amide bonds. The van der Waals surface area contributed by atoms with Gasteiger partial charge in [0.25, 0.3) is 0 Å². The van der Waals surface area contributed by atoms with E-state index in [0.717, 1.165) is 25.9 Å². The Kier molecular flexibility index (Phi) is 2.55. The van der Waals surface area contributed by atoms with Crippen LogP contribution in [0.3, 0.4) is 0 Å². The monoisotopic (exact) mass is 186 g/mol. The van der Waals surface area contributed by atoms with E-state index in [0.29, 0.717) is 0 Å². The first-order chi connectivity index (χ1) is 6.20. The molecule has 2 aliphatic heterocycles. The van der Waals surface area contributed by atoms with Gasteiger partial charge in [0.05, 0.1) is 18.2 Å². The molecule has 0 aromatic heterocycles. The third-order valence-corrected chi connectivity index (χ3v) is 3.32. The Morgan fingerprint density at radius 1 is 1.23 bits per heavy atom. The highest BCUT2D eigenvalue weighted by atomic mass is 16.3. The maximum absolute atomic E-state index is 9.74. The van der Waals surface area contributed by atoms with Gasteiger partial charge in [-0.05, 0) is 12.8 Å². The van der Waals surface area contributed by atoms with Crippen LogP contribution in [-0.2, 0) is 0 Å². The number of nitrogens with one attached hydrogen (secondary N) is 1. The molecule has 2 heterocycles. The smallest absolute Gasteiger partial charge is 0.0725 e. The van der Waals surface area contributed by atoms with Crippen LogP contribution < -0.4 is 5.43 Å². The van der Waals surface area contributed by atoms with Crippen LogP contribution in [0, 0.1) is 5.92 Å². The molecule has 2 saturated heterocycles. The Balaban J connectivity index is 2.13.